The van der Waals surface area contributed by atoms with Crippen molar-refractivity contribution in [2.45, 2.75) is 19.6 Å². The van der Waals surface area contributed by atoms with E-state index in [-0.39, 0.29) is 0 Å². The topological polar surface area (TPSA) is 37.3 Å². The lowest BCUT2D eigenvalue weighted by atomic mass is 10.2. The number of carboxylic acid groups (broad SMARTS) is 1. The van der Waals surface area contributed by atoms with Gasteiger partial charge in [0.15, 0.2) is 11.6 Å². The summed E-state index contributed by atoms with van der Waals surface area (Å²) in [5.74, 6) is -5.36. The molecule has 0 aliphatic carbocycles. The molecule has 0 heterocycles. The Morgan fingerprint density at radius 3 is 2.06 bits per heavy atom. The van der Waals surface area contributed by atoms with Crippen molar-refractivity contribution < 1.29 is 23.1 Å². The third kappa shape index (κ3) is 2.11. The number of aromatic carboxylic acids is 1. The molecule has 1 aromatic rings. The molecule has 0 atom stereocenters. The zero-order valence-electron chi connectivity index (χ0n) is 9.07. The van der Waals surface area contributed by atoms with E-state index in [1.807, 2.05) is 0 Å². The van der Waals surface area contributed by atoms with Gasteiger partial charge in [-0.05, 0) is 6.07 Å². The van der Waals surface area contributed by atoms with Gasteiger partial charge < -0.3 is 5.11 Å². The van der Waals surface area contributed by atoms with Gasteiger partial charge >= 0.3 is 5.97 Å². The maximum Gasteiger partial charge on any atom is 0.338 e. The number of carboxylic acids is 1. The van der Waals surface area contributed by atoms with Crippen LogP contribution in [-0.2, 0) is 0 Å². The molecule has 6 heteroatoms. The van der Waals surface area contributed by atoms with Crippen molar-refractivity contribution in [1.29, 1.82) is 0 Å². The van der Waals surface area contributed by atoms with Gasteiger partial charge in [-0.3, -0.25) is 0 Å². The van der Waals surface area contributed by atoms with Gasteiger partial charge in [-0.25, -0.2) is 18.0 Å². The number of carbonyl (C=O) groups is 1. The molecule has 0 saturated carbocycles. The molecule has 0 aromatic heterocycles. The number of rotatable bonds is 2. The maximum atomic E-state index is 13.7. The zero-order valence-corrected chi connectivity index (χ0v) is 10.1. The summed E-state index contributed by atoms with van der Waals surface area (Å²) in [6.45, 7) is 4.83. The Balaban J connectivity index is 3.66. The largest absolute Gasteiger partial charge is 0.478 e. The first-order valence-electron chi connectivity index (χ1n) is 4.57. The summed E-state index contributed by atoms with van der Waals surface area (Å²) in [7, 11) is -2.48. The Morgan fingerprint density at radius 1 is 1.19 bits per heavy atom. The monoisotopic (exact) mass is 248 g/mol. The van der Waals surface area contributed by atoms with E-state index in [4.69, 9.17) is 5.11 Å². The van der Waals surface area contributed by atoms with Crippen LogP contribution in [-0.4, -0.2) is 19.1 Å². The molecule has 88 valence electrons. The molecule has 0 spiro atoms. The lowest BCUT2D eigenvalue weighted by Gasteiger charge is -2.19. The highest BCUT2D eigenvalue weighted by atomic mass is 28.3. The molecule has 16 heavy (non-hydrogen) atoms. The molecule has 1 aromatic carbocycles. The zero-order chi connectivity index (χ0) is 12.7. The van der Waals surface area contributed by atoms with E-state index < -0.39 is 42.2 Å². The Labute approximate surface area is 91.7 Å². The maximum absolute atomic E-state index is 13.7. The van der Waals surface area contributed by atoms with E-state index >= 15 is 0 Å². The fourth-order valence-electron chi connectivity index (χ4n) is 1.42. The molecule has 1 rings (SSSR count). The van der Waals surface area contributed by atoms with Crippen LogP contribution >= 0.6 is 0 Å². The molecule has 2 nitrogen and oxygen atoms in total. The third-order valence-corrected chi connectivity index (χ3v) is 4.08. The van der Waals surface area contributed by atoms with Crippen LogP contribution < -0.4 is 5.19 Å². The molecular formula is C10H11F3O2Si. The summed E-state index contributed by atoms with van der Waals surface area (Å²) in [5.41, 5.74) is -0.823. The standard InChI is InChI=1S/C10H11F3O2Si/c1-16(2,3)9-7(12)5(10(14)15)4-6(11)8(9)13/h4H,1-3H3,(H,14,15). The minimum absolute atomic E-state index is 0.372. The van der Waals surface area contributed by atoms with E-state index in [2.05, 4.69) is 0 Å². The van der Waals surface area contributed by atoms with Crippen LogP contribution in [0, 0.1) is 17.5 Å². The molecule has 0 fully saturated rings. The van der Waals surface area contributed by atoms with E-state index in [0.29, 0.717) is 6.07 Å². The molecule has 0 unspecified atom stereocenters. The van der Waals surface area contributed by atoms with Crippen LogP contribution in [0.3, 0.4) is 0 Å². The lowest BCUT2D eigenvalue weighted by Crippen LogP contribution is -2.44. The third-order valence-electron chi connectivity index (χ3n) is 2.14. The number of benzene rings is 1. The highest BCUT2D eigenvalue weighted by Crippen LogP contribution is 2.17. The Bertz CT molecular complexity index is 452. The van der Waals surface area contributed by atoms with Crippen molar-refractivity contribution in [2.75, 3.05) is 0 Å². The summed E-state index contributed by atoms with van der Waals surface area (Å²) < 4.78 is 40.3. The lowest BCUT2D eigenvalue weighted by molar-refractivity contribution is 0.0691. The van der Waals surface area contributed by atoms with Gasteiger partial charge in [0.1, 0.15) is 5.82 Å². The first-order valence-corrected chi connectivity index (χ1v) is 8.07. The fraction of sp³-hybridized carbons (Fsp3) is 0.300. The molecule has 0 aliphatic heterocycles. The van der Waals surface area contributed by atoms with Crippen LogP contribution in [0.15, 0.2) is 6.07 Å². The second-order valence-electron chi connectivity index (χ2n) is 4.46. The van der Waals surface area contributed by atoms with Gasteiger partial charge in [-0.2, -0.15) is 0 Å². The van der Waals surface area contributed by atoms with Crippen LogP contribution in [0.5, 0.6) is 0 Å². The molecule has 1 N–H and O–H groups in total. The predicted molar refractivity (Wildman–Crippen MR) is 56.3 cm³/mol. The van der Waals surface area contributed by atoms with E-state index in [1.165, 1.54) is 0 Å². The van der Waals surface area contributed by atoms with Gasteiger partial charge in [0.25, 0.3) is 0 Å². The Hall–Kier alpha value is -1.30. The van der Waals surface area contributed by atoms with Crippen LogP contribution in [0.25, 0.3) is 0 Å². The van der Waals surface area contributed by atoms with Gasteiger partial charge in [-0.1, -0.05) is 19.6 Å². The van der Waals surface area contributed by atoms with Crippen LogP contribution in [0.4, 0.5) is 13.2 Å². The van der Waals surface area contributed by atoms with Gasteiger partial charge in [0, 0.05) is 5.19 Å². The van der Waals surface area contributed by atoms with Gasteiger partial charge in [0.05, 0.1) is 13.6 Å². The summed E-state index contributed by atoms with van der Waals surface area (Å²) >= 11 is 0. The average molecular weight is 248 g/mol. The normalized spacial score (nSPS) is 11.6. The molecule has 0 bridgehead atoms. The van der Waals surface area contributed by atoms with E-state index in [0.717, 1.165) is 0 Å². The number of hydrogen-bond acceptors (Lipinski definition) is 1. The second-order valence-corrected chi connectivity index (χ2v) is 9.46. The summed E-state index contributed by atoms with van der Waals surface area (Å²) in [6, 6.07) is 0.372. The summed E-state index contributed by atoms with van der Waals surface area (Å²) in [6.07, 6.45) is 0. The fourth-order valence-corrected chi connectivity index (χ4v) is 2.99. The molecular weight excluding hydrogens is 237 g/mol. The van der Waals surface area contributed by atoms with E-state index in [1.54, 1.807) is 19.6 Å². The van der Waals surface area contributed by atoms with Crippen molar-refractivity contribution >= 4 is 19.2 Å². The van der Waals surface area contributed by atoms with Crippen molar-refractivity contribution in [3.63, 3.8) is 0 Å². The average Bonchev–Trinajstić information content (AvgIpc) is 2.08. The van der Waals surface area contributed by atoms with Gasteiger partial charge in [-0.15, -0.1) is 0 Å². The minimum Gasteiger partial charge on any atom is -0.478 e. The Morgan fingerprint density at radius 2 is 1.69 bits per heavy atom. The number of halogens is 3. The van der Waals surface area contributed by atoms with Crippen LogP contribution in [0.1, 0.15) is 10.4 Å². The summed E-state index contributed by atoms with van der Waals surface area (Å²) in [4.78, 5) is 10.7. The molecule has 0 saturated heterocycles. The van der Waals surface area contributed by atoms with Gasteiger partial charge in [0.2, 0.25) is 0 Å². The van der Waals surface area contributed by atoms with Crippen molar-refractivity contribution in [2.24, 2.45) is 0 Å². The highest BCUT2D eigenvalue weighted by molar-refractivity contribution is 6.88. The first-order chi connectivity index (χ1) is 7.16. The molecule has 0 radical (unpaired) electrons. The molecule has 0 aliphatic rings. The number of hydrogen-bond donors (Lipinski definition) is 1. The molecule has 0 amide bonds. The van der Waals surface area contributed by atoms with Crippen molar-refractivity contribution in [1.82, 2.24) is 0 Å². The van der Waals surface area contributed by atoms with Crippen molar-refractivity contribution in [3.8, 4) is 0 Å². The van der Waals surface area contributed by atoms with E-state index in [9.17, 15) is 18.0 Å². The quantitative estimate of drug-likeness (QED) is 0.644. The van der Waals surface area contributed by atoms with Crippen molar-refractivity contribution in [3.05, 3.63) is 29.1 Å². The SMILES string of the molecule is C[Si](C)(C)c1c(F)c(F)cc(C(=O)O)c1F. The minimum atomic E-state index is -2.48. The first kappa shape index (κ1) is 12.8. The van der Waals surface area contributed by atoms with Crippen LogP contribution in [0.2, 0.25) is 19.6 Å². The predicted octanol–water partition coefficient (Wildman–Crippen LogP) is 2.35. The second kappa shape index (κ2) is 3.93. The highest BCUT2D eigenvalue weighted by Gasteiger charge is 2.31. The summed E-state index contributed by atoms with van der Waals surface area (Å²) in [5, 5.41) is 8.25. The Kier molecular flexibility index (Phi) is 3.14. The smallest absolute Gasteiger partial charge is 0.338 e.